The van der Waals surface area contributed by atoms with E-state index >= 15 is 0 Å². The molecule has 0 fully saturated rings. The Kier molecular flexibility index (Phi) is 4.41. The average Bonchev–Trinajstić information content (AvgIpc) is 3.09. The van der Waals surface area contributed by atoms with Crippen molar-refractivity contribution in [3.63, 3.8) is 0 Å². The zero-order valence-electron chi connectivity index (χ0n) is 16.1. The van der Waals surface area contributed by atoms with E-state index in [4.69, 9.17) is 0 Å². The highest BCUT2D eigenvalue weighted by Gasteiger charge is 2.34. The molecule has 4 aromatic rings. The van der Waals surface area contributed by atoms with Crippen LogP contribution in [0.5, 0.6) is 5.88 Å². The third-order valence-electron chi connectivity index (χ3n) is 5.75. The first kappa shape index (κ1) is 18.9. The quantitative estimate of drug-likeness (QED) is 0.423. The van der Waals surface area contributed by atoms with E-state index in [-0.39, 0.29) is 11.4 Å². The predicted molar refractivity (Wildman–Crippen MR) is 119 cm³/mol. The number of benzene rings is 2. The minimum Gasteiger partial charge on any atom is -0.494 e. The van der Waals surface area contributed by atoms with Crippen molar-refractivity contribution in [2.75, 3.05) is 13.6 Å². The van der Waals surface area contributed by atoms with Gasteiger partial charge in [0, 0.05) is 27.6 Å². The fraction of sp³-hybridized carbons (Fsp3) is 0.182. The van der Waals surface area contributed by atoms with Crippen LogP contribution in [0.15, 0.2) is 62.6 Å². The number of halogens is 1. The van der Waals surface area contributed by atoms with Crippen LogP contribution in [0.4, 0.5) is 0 Å². The van der Waals surface area contributed by atoms with Crippen molar-refractivity contribution in [3.05, 3.63) is 90.7 Å². The lowest BCUT2D eigenvalue weighted by atomic mass is 9.94. The molecule has 1 aliphatic heterocycles. The van der Waals surface area contributed by atoms with Crippen molar-refractivity contribution in [2.45, 2.75) is 12.5 Å². The Labute approximate surface area is 179 Å². The van der Waals surface area contributed by atoms with Crippen LogP contribution in [0.3, 0.4) is 0 Å². The SMILES string of the molecule is CN1CCc2c([nH]c3ccccc23)[C@@H]1c1c(O)n(-c2ccc(Br)cc2)c(=O)[nH]c1=O. The Morgan fingerprint density at radius 3 is 2.57 bits per heavy atom. The van der Waals surface area contributed by atoms with Gasteiger partial charge in [-0.05, 0) is 49.4 Å². The topological polar surface area (TPSA) is 94.1 Å². The largest absolute Gasteiger partial charge is 0.494 e. The monoisotopic (exact) mass is 466 g/mol. The normalized spacial score (nSPS) is 16.7. The molecule has 0 amide bonds. The van der Waals surface area contributed by atoms with Gasteiger partial charge in [-0.15, -0.1) is 0 Å². The van der Waals surface area contributed by atoms with E-state index < -0.39 is 17.3 Å². The Bertz CT molecular complexity index is 1380. The average molecular weight is 467 g/mol. The second-order valence-corrected chi connectivity index (χ2v) is 8.42. The van der Waals surface area contributed by atoms with Crippen LogP contribution in [0.25, 0.3) is 16.6 Å². The van der Waals surface area contributed by atoms with Gasteiger partial charge >= 0.3 is 5.69 Å². The molecule has 0 aliphatic carbocycles. The molecular weight excluding hydrogens is 448 g/mol. The smallest absolute Gasteiger partial charge is 0.335 e. The predicted octanol–water partition coefficient (Wildman–Crippen LogP) is 3.05. The minimum absolute atomic E-state index is 0.146. The molecule has 0 bridgehead atoms. The second-order valence-electron chi connectivity index (χ2n) is 7.50. The summed E-state index contributed by atoms with van der Waals surface area (Å²) in [5.41, 5.74) is 2.33. The van der Waals surface area contributed by atoms with Crippen molar-refractivity contribution in [1.82, 2.24) is 19.4 Å². The van der Waals surface area contributed by atoms with E-state index in [9.17, 15) is 14.7 Å². The Hall–Kier alpha value is -3.10. The summed E-state index contributed by atoms with van der Waals surface area (Å²) in [6, 6.07) is 14.4. The number of aromatic nitrogens is 3. The maximum Gasteiger partial charge on any atom is 0.335 e. The Balaban J connectivity index is 1.77. The molecule has 3 heterocycles. The van der Waals surface area contributed by atoms with Crippen LogP contribution in [-0.2, 0) is 6.42 Å². The van der Waals surface area contributed by atoms with Gasteiger partial charge in [-0.25, -0.2) is 9.36 Å². The molecule has 0 saturated heterocycles. The van der Waals surface area contributed by atoms with E-state index in [0.717, 1.165) is 44.2 Å². The van der Waals surface area contributed by atoms with Crippen molar-refractivity contribution in [1.29, 1.82) is 0 Å². The molecule has 8 heteroatoms. The summed E-state index contributed by atoms with van der Waals surface area (Å²) in [5.74, 6) is -0.352. The number of aromatic hydroxyl groups is 1. The number of fused-ring (bicyclic) bond motifs is 3. The lowest BCUT2D eigenvalue weighted by Gasteiger charge is -2.33. The molecule has 152 valence electrons. The third kappa shape index (κ3) is 2.83. The molecule has 5 rings (SSSR count). The molecular formula is C22H19BrN4O3. The summed E-state index contributed by atoms with van der Waals surface area (Å²) in [5, 5.41) is 12.2. The number of likely N-dealkylation sites (N-methyl/N-ethyl adjacent to an activating group) is 1. The highest BCUT2D eigenvalue weighted by Crippen LogP contribution is 2.39. The Morgan fingerprint density at radius 1 is 1.07 bits per heavy atom. The summed E-state index contributed by atoms with van der Waals surface area (Å²) < 4.78 is 1.98. The molecule has 0 saturated carbocycles. The number of aromatic amines is 2. The number of nitrogens with one attached hydrogen (secondary N) is 2. The fourth-order valence-corrected chi connectivity index (χ4v) is 4.61. The van der Waals surface area contributed by atoms with Crippen molar-refractivity contribution in [3.8, 4) is 11.6 Å². The third-order valence-corrected chi connectivity index (χ3v) is 6.28. The van der Waals surface area contributed by atoms with Gasteiger partial charge < -0.3 is 10.1 Å². The highest BCUT2D eigenvalue weighted by atomic mass is 79.9. The van der Waals surface area contributed by atoms with Crippen LogP contribution in [0, 0.1) is 0 Å². The van der Waals surface area contributed by atoms with Gasteiger partial charge in [-0.3, -0.25) is 14.7 Å². The molecule has 2 aromatic heterocycles. The molecule has 0 spiro atoms. The number of hydrogen-bond acceptors (Lipinski definition) is 4. The van der Waals surface area contributed by atoms with E-state index in [1.54, 1.807) is 24.3 Å². The van der Waals surface area contributed by atoms with Crippen LogP contribution in [0.2, 0.25) is 0 Å². The summed E-state index contributed by atoms with van der Waals surface area (Å²) in [6.07, 6.45) is 0.831. The summed E-state index contributed by atoms with van der Waals surface area (Å²) >= 11 is 3.37. The molecule has 7 nitrogen and oxygen atoms in total. The lowest BCUT2D eigenvalue weighted by Crippen LogP contribution is -2.39. The van der Waals surface area contributed by atoms with Crippen LogP contribution in [0.1, 0.15) is 22.9 Å². The van der Waals surface area contributed by atoms with Crippen molar-refractivity contribution < 1.29 is 5.11 Å². The first-order chi connectivity index (χ1) is 14.5. The molecule has 2 aromatic carbocycles. The molecule has 3 N–H and O–H groups in total. The number of H-pyrrole nitrogens is 2. The summed E-state index contributed by atoms with van der Waals surface area (Å²) in [6.45, 7) is 0.718. The first-order valence-electron chi connectivity index (χ1n) is 9.59. The lowest BCUT2D eigenvalue weighted by molar-refractivity contribution is 0.252. The van der Waals surface area contributed by atoms with Gasteiger partial charge in [0.05, 0.1) is 11.7 Å². The second kappa shape index (κ2) is 7.00. The number of hydrogen-bond donors (Lipinski definition) is 3. The van der Waals surface area contributed by atoms with Crippen molar-refractivity contribution in [2.24, 2.45) is 0 Å². The van der Waals surface area contributed by atoms with Crippen LogP contribution >= 0.6 is 15.9 Å². The number of nitrogens with zero attached hydrogens (tertiary/aromatic N) is 2. The van der Waals surface area contributed by atoms with Gasteiger partial charge in [0.2, 0.25) is 5.88 Å². The molecule has 0 radical (unpaired) electrons. The van der Waals surface area contributed by atoms with E-state index in [0.29, 0.717) is 5.69 Å². The molecule has 0 unspecified atom stereocenters. The van der Waals surface area contributed by atoms with Gasteiger partial charge in [0.25, 0.3) is 5.56 Å². The Morgan fingerprint density at radius 2 is 1.80 bits per heavy atom. The van der Waals surface area contributed by atoms with Crippen LogP contribution < -0.4 is 11.2 Å². The van der Waals surface area contributed by atoms with Crippen LogP contribution in [-0.4, -0.2) is 38.1 Å². The van der Waals surface area contributed by atoms with Gasteiger partial charge in [0.15, 0.2) is 0 Å². The standard InChI is InChI=1S/C22H19BrN4O3/c1-26-11-10-15-14-4-2-3-5-16(14)24-18(15)19(26)17-20(28)25-22(30)27(21(17)29)13-8-6-12(23)7-9-13/h2-9,19,24,29H,10-11H2,1H3,(H,25,28,30)/t19-/m0/s1. The van der Waals surface area contributed by atoms with Gasteiger partial charge in [-0.2, -0.15) is 0 Å². The zero-order valence-corrected chi connectivity index (χ0v) is 17.7. The molecule has 1 atom stereocenters. The summed E-state index contributed by atoms with van der Waals surface area (Å²) in [7, 11) is 1.91. The van der Waals surface area contributed by atoms with E-state index in [1.807, 2.05) is 30.1 Å². The van der Waals surface area contributed by atoms with Gasteiger partial charge in [0.1, 0.15) is 5.56 Å². The summed E-state index contributed by atoms with van der Waals surface area (Å²) in [4.78, 5) is 33.3. The van der Waals surface area contributed by atoms with E-state index in [1.165, 1.54) is 0 Å². The fourth-order valence-electron chi connectivity index (χ4n) is 4.34. The van der Waals surface area contributed by atoms with Gasteiger partial charge in [-0.1, -0.05) is 34.1 Å². The maximum atomic E-state index is 12.9. The van der Waals surface area contributed by atoms with Crippen molar-refractivity contribution >= 4 is 26.8 Å². The maximum absolute atomic E-state index is 12.9. The zero-order chi connectivity index (χ0) is 21.0. The first-order valence-corrected chi connectivity index (χ1v) is 10.4. The molecule has 30 heavy (non-hydrogen) atoms. The molecule has 1 aliphatic rings. The number of rotatable bonds is 2. The number of para-hydroxylation sites is 1. The van der Waals surface area contributed by atoms with E-state index in [2.05, 4.69) is 32.0 Å². The highest BCUT2D eigenvalue weighted by molar-refractivity contribution is 9.10. The minimum atomic E-state index is -0.682.